The lowest BCUT2D eigenvalue weighted by Crippen LogP contribution is -2.71. The van der Waals surface area contributed by atoms with Crippen LogP contribution in [0.1, 0.15) is 51.9 Å². The maximum atomic E-state index is 13.3. The molecule has 0 aromatic rings. The Morgan fingerprint density at radius 3 is 1.92 bits per heavy atom. The maximum Gasteiger partial charge on any atom is 0.430 e. The molecule has 0 radical (unpaired) electrons. The van der Waals surface area contributed by atoms with Crippen LogP contribution in [0.3, 0.4) is 0 Å². The molecule has 0 heterocycles. The van der Waals surface area contributed by atoms with Gasteiger partial charge < -0.3 is 9.84 Å². The molecule has 0 aromatic heterocycles. The summed E-state index contributed by atoms with van der Waals surface area (Å²) in [6, 6.07) is 0. The number of hydrogen-bond donors (Lipinski definition) is 1. The normalized spacial score (nSPS) is 27.4. The lowest BCUT2D eigenvalue weighted by atomic mass is 9.76. The molecule has 144 valence electrons. The van der Waals surface area contributed by atoms with E-state index in [1.54, 1.807) is 12.2 Å². The number of rotatable bonds is 3. The van der Waals surface area contributed by atoms with Crippen LogP contribution < -0.4 is 0 Å². The Balaban J connectivity index is 2.44. The van der Waals surface area contributed by atoms with E-state index in [1.807, 2.05) is 0 Å². The van der Waals surface area contributed by atoms with E-state index >= 15 is 0 Å². The van der Waals surface area contributed by atoms with Crippen molar-refractivity contribution in [3.05, 3.63) is 12.2 Å². The third kappa shape index (κ3) is 3.15. The smallest absolute Gasteiger partial charge is 0.430 e. The van der Waals surface area contributed by atoms with Crippen molar-refractivity contribution in [1.29, 1.82) is 0 Å². The minimum Gasteiger partial charge on any atom is -0.455 e. The fraction of sp³-hybridized carbons (Fsp3) is 0.812. The number of halogens is 6. The molecule has 0 aliphatic heterocycles. The molecule has 0 saturated heterocycles. The van der Waals surface area contributed by atoms with Crippen molar-refractivity contribution in [2.45, 2.75) is 75.4 Å². The highest BCUT2D eigenvalue weighted by Crippen LogP contribution is 2.57. The summed E-state index contributed by atoms with van der Waals surface area (Å²) in [5.41, 5.74) is -9.35. The molecule has 9 heteroatoms. The van der Waals surface area contributed by atoms with Gasteiger partial charge in [0.25, 0.3) is 5.60 Å². The lowest BCUT2D eigenvalue weighted by Gasteiger charge is -2.46. The molecule has 0 spiro atoms. The van der Waals surface area contributed by atoms with E-state index in [0.29, 0.717) is 6.42 Å². The Kier molecular flexibility index (Phi) is 4.96. The Morgan fingerprint density at radius 1 is 1.00 bits per heavy atom. The topological polar surface area (TPSA) is 46.5 Å². The molecule has 2 aliphatic carbocycles. The average molecular weight is 374 g/mol. The number of esters is 1. The molecule has 25 heavy (non-hydrogen) atoms. The molecule has 0 bridgehead atoms. The van der Waals surface area contributed by atoms with E-state index in [4.69, 9.17) is 4.74 Å². The zero-order chi connectivity index (χ0) is 19.1. The first-order chi connectivity index (χ1) is 11.3. The first-order valence-electron chi connectivity index (χ1n) is 8.03. The van der Waals surface area contributed by atoms with Crippen LogP contribution in [0.4, 0.5) is 26.3 Å². The number of hydrogen-bond acceptors (Lipinski definition) is 3. The van der Waals surface area contributed by atoms with Gasteiger partial charge in [0, 0.05) is 0 Å². The van der Waals surface area contributed by atoms with E-state index in [-0.39, 0.29) is 25.7 Å². The second-order valence-electron chi connectivity index (χ2n) is 7.07. The molecule has 3 nitrogen and oxygen atoms in total. The first-order valence-corrected chi connectivity index (χ1v) is 8.03. The van der Waals surface area contributed by atoms with Crippen LogP contribution >= 0.6 is 0 Å². The predicted octanol–water partition coefficient (Wildman–Crippen LogP) is 4.44. The molecule has 2 rings (SSSR count). The van der Waals surface area contributed by atoms with Gasteiger partial charge in [-0.2, -0.15) is 26.3 Å². The molecule has 1 saturated carbocycles. The van der Waals surface area contributed by atoms with Gasteiger partial charge in [0.1, 0.15) is 0 Å². The van der Waals surface area contributed by atoms with Gasteiger partial charge >= 0.3 is 18.3 Å². The van der Waals surface area contributed by atoms with E-state index in [0.717, 1.165) is 0 Å². The number of alkyl halides is 6. The van der Waals surface area contributed by atoms with Crippen molar-refractivity contribution in [3.63, 3.8) is 0 Å². The molecular weight excluding hydrogens is 354 g/mol. The van der Waals surface area contributed by atoms with Gasteiger partial charge in [-0.05, 0) is 51.9 Å². The maximum absolute atomic E-state index is 13.3. The minimum atomic E-state index is -6.02. The van der Waals surface area contributed by atoms with E-state index < -0.39 is 47.8 Å². The summed E-state index contributed by atoms with van der Waals surface area (Å²) in [4.78, 5) is 12.5. The van der Waals surface area contributed by atoms with Crippen LogP contribution in [0.25, 0.3) is 0 Å². The SMILES string of the molecule is CC1(C(=O)OC2(C(O)(C(F)(F)F)C(F)(F)F)CCCC2)CC=CCC1. The molecule has 2 aliphatic rings. The molecule has 1 N–H and O–H groups in total. The predicted molar refractivity (Wildman–Crippen MR) is 75.4 cm³/mol. The van der Waals surface area contributed by atoms with Gasteiger partial charge in [-0.25, -0.2) is 0 Å². The van der Waals surface area contributed by atoms with Crippen LogP contribution in [0.5, 0.6) is 0 Å². The van der Waals surface area contributed by atoms with E-state index in [9.17, 15) is 36.2 Å². The summed E-state index contributed by atoms with van der Waals surface area (Å²) in [7, 11) is 0. The highest BCUT2D eigenvalue weighted by molar-refractivity contribution is 5.77. The summed E-state index contributed by atoms with van der Waals surface area (Å²) in [6.07, 6.45) is -9.12. The minimum absolute atomic E-state index is 0.00162. The number of aliphatic hydroxyl groups is 1. The Bertz CT molecular complexity index is 531. The van der Waals surface area contributed by atoms with Crippen LogP contribution in [0.15, 0.2) is 12.2 Å². The van der Waals surface area contributed by atoms with Crippen LogP contribution in [-0.4, -0.2) is 34.6 Å². The van der Waals surface area contributed by atoms with Gasteiger partial charge in [0.2, 0.25) is 0 Å². The van der Waals surface area contributed by atoms with Gasteiger partial charge in [-0.15, -0.1) is 0 Å². The van der Waals surface area contributed by atoms with Crippen LogP contribution in [0, 0.1) is 5.41 Å². The van der Waals surface area contributed by atoms with Crippen molar-refractivity contribution in [2.24, 2.45) is 5.41 Å². The molecule has 1 fully saturated rings. The van der Waals surface area contributed by atoms with Crippen LogP contribution in [-0.2, 0) is 9.53 Å². The molecular formula is C16H20F6O3. The monoisotopic (exact) mass is 374 g/mol. The van der Waals surface area contributed by atoms with Crippen LogP contribution in [0.2, 0.25) is 0 Å². The number of carbonyl (C=O) groups excluding carboxylic acids is 1. The third-order valence-corrected chi connectivity index (χ3v) is 5.27. The fourth-order valence-electron chi connectivity index (χ4n) is 3.61. The number of carbonyl (C=O) groups is 1. The van der Waals surface area contributed by atoms with Gasteiger partial charge in [-0.3, -0.25) is 4.79 Å². The van der Waals surface area contributed by atoms with Gasteiger partial charge in [0.05, 0.1) is 5.41 Å². The zero-order valence-electron chi connectivity index (χ0n) is 13.6. The van der Waals surface area contributed by atoms with Gasteiger partial charge in [-0.1, -0.05) is 12.2 Å². The van der Waals surface area contributed by atoms with Crippen molar-refractivity contribution in [3.8, 4) is 0 Å². The summed E-state index contributed by atoms with van der Waals surface area (Å²) in [6.45, 7) is 1.45. The highest BCUT2D eigenvalue weighted by atomic mass is 19.4. The number of allylic oxidation sites excluding steroid dienone is 2. The van der Waals surface area contributed by atoms with Gasteiger partial charge in [0.15, 0.2) is 5.60 Å². The molecule has 1 unspecified atom stereocenters. The molecule has 1 atom stereocenters. The average Bonchev–Trinajstić information content (AvgIpc) is 2.94. The van der Waals surface area contributed by atoms with E-state index in [1.165, 1.54) is 6.92 Å². The Morgan fingerprint density at radius 2 is 1.52 bits per heavy atom. The highest BCUT2D eigenvalue weighted by Gasteiger charge is 2.81. The first kappa shape index (κ1) is 20.1. The number of ether oxygens (including phenoxy) is 1. The van der Waals surface area contributed by atoms with E-state index in [2.05, 4.69) is 0 Å². The summed E-state index contributed by atoms with van der Waals surface area (Å²) >= 11 is 0. The molecule has 0 aromatic carbocycles. The zero-order valence-corrected chi connectivity index (χ0v) is 13.6. The third-order valence-electron chi connectivity index (χ3n) is 5.27. The van der Waals surface area contributed by atoms with Crippen molar-refractivity contribution in [2.75, 3.05) is 0 Å². The van der Waals surface area contributed by atoms with Crippen molar-refractivity contribution >= 4 is 5.97 Å². The second kappa shape index (κ2) is 6.17. The summed E-state index contributed by atoms with van der Waals surface area (Å²) < 4.78 is 84.8. The Hall–Kier alpha value is -1.25. The standard InChI is InChI=1S/C16H20F6O3/c1-12(7-3-2-4-8-12)11(23)25-13(9-5-6-10-13)14(24,15(17,18)19)16(20,21)22/h2-3,24H,4-10H2,1H3. The quantitative estimate of drug-likeness (QED) is 0.451. The fourth-order valence-corrected chi connectivity index (χ4v) is 3.61. The molecule has 0 amide bonds. The van der Waals surface area contributed by atoms with Crippen molar-refractivity contribution < 1.29 is 41.0 Å². The van der Waals surface area contributed by atoms with Crippen molar-refractivity contribution in [1.82, 2.24) is 0 Å². The second-order valence-corrected chi connectivity index (χ2v) is 7.07. The largest absolute Gasteiger partial charge is 0.455 e. The summed E-state index contributed by atoms with van der Waals surface area (Å²) in [5, 5.41) is 9.82. The Labute approximate surface area is 141 Å². The lowest BCUT2D eigenvalue weighted by molar-refractivity contribution is -0.412. The summed E-state index contributed by atoms with van der Waals surface area (Å²) in [5.74, 6) is -1.13.